The van der Waals surface area contributed by atoms with Gasteiger partial charge in [-0.25, -0.2) is 4.98 Å². The number of nitrogens with zero attached hydrogens (tertiary/aromatic N) is 2. The molecule has 2 aromatic carbocycles. The Morgan fingerprint density at radius 2 is 1.89 bits per heavy atom. The van der Waals surface area contributed by atoms with Crippen LogP contribution < -0.4 is 10.1 Å². The Labute approximate surface area is 158 Å². The van der Waals surface area contributed by atoms with E-state index in [0.717, 1.165) is 11.4 Å². The van der Waals surface area contributed by atoms with Crippen LogP contribution in [0.15, 0.2) is 48.5 Å². The predicted octanol–water partition coefficient (Wildman–Crippen LogP) is 4.39. The van der Waals surface area contributed by atoms with E-state index in [2.05, 4.69) is 20.5 Å². The van der Waals surface area contributed by atoms with Crippen molar-refractivity contribution in [2.75, 3.05) is 5.32 Å². The van der Waals surface area contributed by atoms with Gasteiger partial charge >= 0.3 is 0 Å². The topological polar surface area (TPSA) is 79.9 Å². The van der Waals surface area contributed by atoms with Crippen LogP contribution >= 0.6 is 0 Å². The largest absolute Gasteiger partial charge is 0.490 e. The van der Waals surface area contributed by atoms with Crippen LogP contribution in [0.25, 0.3) is 11.4 Å². The molecule has 138 valence electrons. The second-order valence-corrected chi connectivity index (χ2v) is 7.01. The summed E-state index contributed by atoms with van der Waals surface area (Å²) in [5, 5.41) is 10.2. The number of hydrogen-bond donors (Lipinski definition) is 2. The molecule has 6 heteroatoms. The zero-order chi connectivity index (χ0) is 18.8. The number of carbonyl (C=O) groups excluding carboxylic acids is 1. The molecule has 1 fully saturated rings. The summed E-state index contributed by atoms with van der Waals surface area (Å²) in [6.45, 7) is 3.87. The van der Waals surface area contributed by atoms with Gasteiger partial charge in [0.1, 0.15) is 11.6 Å². The number of H-pyrrole nitrogens is 1. The van der Waals surface area contributed by atoms with Gasteiger partial charge in [0.15, 0.2) is 5.82 Å². The van der Waals surface area contributed by atoms with Crippen LogP contribution in [0, 0.1) is 0 Å². The number of benzene rings is 2. The molecule has 0 bridgehead atoms. The van der Waals surface area contributed by atoms with Crippen LogP contribution in [0.1, 0.15) is 48.8 Å². The fraction of sp³-hybridized carbons (Fsp3) is 0.286. The highest BCUT2D eigenvalue weighted by Crippen LogP contribution is 2.38. The van der Waals surface area contributed by atoms with Crippen molar-refractivity contribution in [2.24, 2.45) is 0 Å². The fourth-order valence-corrected chi connectivity index (χ4v) is 2.85. The number of para-hydroxylation sites is 1. The minimum Gasteiger partial charge on any atom is -0.490 e. The smallest absolute Gasteiger partial charge is 0.259 e. The van der Waals surface area contributed by atoms with Gasteiger partial charge in [-0.3, -0.25) is 9.89 Å². The summed E-state index contributed by atoms with van der Waals surface area (Å²) in [5.41, 5.74) is 2.14. The third-order valence-corrected chi connectivity index (χ3v) is 4.36. The molecule has 2 N–H and O–H groups in total. The molecular weight excluding hydrogens is 340 g/mol. The summed E-state index contributed by atoms with van der Waals surface area (Å²) in [7, 11) is 0. The Bertz CT molecular complexity index is 943. The van der Waals surface area contributed by atoms with Crippen molar-refractivity contribution in [2.45, 2.75) is 38.7 Å². The summed E-state index contributed by atoms with van der Waals surface area (Å²) in [5.74, 6) is 2.57. The summed E-state index contributed by atoms with van der Waals surface area (Å²) < 4.78 is 5.73. The molecule has 3 aromatic rings. The predicted molar refractivity (Wildman–Crippen MR) is 104 cm³/mol. The van der Waals surface area contributed by atoms with Crippen LogP contribution in [0.2, 0.25) is 0 Å². The minimum absolute atomic E-state index is 0.000106. The molecule has 0 saturated heterocycles. The average molecular weight is 362 g/mol. The lowest BCUT2D eigenvalue weighted by molar-refractivity contribution is 0.102. The molecule has 1 heterocycles. The molecule has 1 aromatic heterocycles. The second-order valence-electron chi connectivity index (χ2n) is 7.01. The molecule has 0 atom stereocenters. The van der Waals surface area contributed by atoms with Crippen LogP contribution in [-0.4, -0.2) is 27.2 Å². The first kappa shape index (κ1) is 17.3. The number of nitrogens with one attached hydrogen (secondary N) is 2. The van der Waals surface area contributed by atoms with Crippen LogP contribution in [0.4, 0.5) is 5.69 Å². The zero-order valence-corrected chi connectivity index (χ0v) is 15.4. The Hall–Kier alpha value is -3.15. The number of aromatic nitrogens is 3. The van der Waals surface area contributed by atoms with Gasteiger partial charge in [0.25, 0.3) is 5.91 Å². The van der Waals surface area contributed by atoms with E-state index >= 15 is 0 Å². The summed E-state index contributed by atoms with van der Waals surface area (Å²) in [4.78, 5) is 17.2. The van der Waals surface area contributed by atoms with E-state index in [4.69, 9.17) is 4.74 Å². The Balaban J connectivity index is 1.47. The van der Waals surface area contributed by atoms with Crippen molar-refractivity contribution in [3.05, 3.63) is 59.9 Å². The molecule has 1 aliphatic rings. The molecule has 1 aliphatic carbocycles. The van der Waals surface area contributed by atoms with Gasteiger partial charge in [-0.1, -0.05) is 12.1 Å². The number of ether oxygens (including phenoxy) is 1. The van der Waals surface area contributed by atoms with Crippen LogP contribution in [0.5, 0.6) is 5.75 Å². The molecule has 0 spiro atoms. The van der Waals surface area contributed by atoms with E-state index in [1.165, 1.54) is 12.8 Å². The van der Waals surface area contributed by atoms with Gasteiger partial charge in [0, 0.05) is 17.2 Å². The monoisotopic (exact) mass is 362 g/mol. The van der Waals surface area contributed by atoms with E-state index in [-0.39, 0.29) is 12.0 Å². The SMILES string of the molecule is CC(C)Oc1ccccc1C(=O)Nc1ccc(-c2n[nH]c(C3CC3)n2)cc1. The third-order valence-electron chi connectivity index (χ3n) is 4.36. The van der Waals surface area contributed by atoms with Gasteiger partial charge in [0.05, 0.1) is 11.7 Å². The number of hydrogen-bond acceptors (Lipinski definition) is 4. The van der Waals surface area contributed by atoms with Crippen LogP contribution in [0.3, 0.4) is 0 Å². The summed E-state index contributed by atoms with van der Waals surface area (Å²) in [6, 6.07) is 14.8. The average Bonchev–Trinajstić information content (AvgIpc) is 3.39. The second kappa shape index (κ2) is 7.23. The maximum atomic E-state index is 12.6. The van der Waals surface area contributed by atoms with Gasteiger partial charge in [0.2, 0.25) is 0 Å². The van der Waals surface area contributed by atoms with E-state index in [0.29, 0.717) is 28.7 Å². The number of aromatic amines is 1. The normalized spacial score (nSPS) is 13.6. The summed E-state index contributed by atoms with van der Waals surface area (Å²) in [6.07, 6.45) is 2.36. The highest BCUT2D eigenvalue weighted by molar-refractivity contribution is 6.06. The maximum Gasteiger partial charge on any atom is 0.259 e. The summed E-state index contributed by atoms with van der Waals surface area (Å²) >= 11 is 0. The lowest BCUT2D eigenvalue weighted by Gasteiger charge is -2.14. The number of anilines is 1. The lowest BCUT2D eigenvalue weighted by Crippen LogP contribution is -2.15. The number of carbonyl (C=O) groups is 1. The lowest BCUT2D eigenvalue weighted by atomic mass is 10.1. The Kier molecular flexibility index (Phi) is 4.62. The highest BCUT2D eigenvalue weighted by Gasteiger charge is 2.27. The number of amides is 1. The Morgan fingerprint density at radius 3 is 2.59 bits per heavy atom. The first-order valence-electron chi connectivity index (χ1n) is 9.20. The van der Waals surface area contributed by atoms with Crippen molar-refractivity contribution < 1.29 is 9.53 Å². The van der Waals surface area contributed by atoms with Gasteiger partial charge in [-0.05, 0) is 63.1 Å². The molecule has 4 rings (SSSR count). The molecule has 0 radical (unpaired) electrons. The highest BCUT2D eigenvalue weighted by atomic mass is 16.5. The first-order valence-corrected chi connectivity index (χ1v) is 9.20. The fourth-order valence-electron chi connectivity index (χ4n) is 2.85. The van der Waals surface area contributed by atoms with E-state index < -0.39 is 0 Å². The molecular formula is C21H22N4O2. The van der Waals surface area contributed by atoms with E-state index in [9.17, 15) is 4.79 Å². The maximum absolute atomic E-state index is 12.6. The minimum atomic E-state index is -0.201. The zero-order valence-electron chi connectivity index (χ0n) is 15.4. The quantitative estimate of drug-likeness (QED) is 0.681. The van der Waals surface area contributed by atoms with Crippen LogP contribution in [-0.2, 0) is 0 Å². The molecule has 1 amide bonds. The number of rotatable bonds is 6. The Morgan fingerprint density at radius 1 is 1.15 bits per heavy atom. The van der Waals surface area contributed by atoms with E-state index in [1.54, 1.807) is 12.1 Å². The molecule has 1 saturated carbocycles. The van der Waals surface area contributed by atoms with E-state index in [1.807, 2.05) is 50.2 Å². The molecule has 27 heavy (non-hydrogen) atoms. The van der Waals surface area contributed by atoms with Gasteiger partial charge in [-0.2, -0.15) is 5.10 Å². The third kappa shape index (κ3) is 4.00. The van der Waals surface area contributed by atoms with Crippen molar-refractivity contribution in [1.82, 2.24) is 15.2 Å². The standard InChI is InChI=1S/C21H22N4O2/c1-13(2)27-18-6-4-3-5-17(18)21(26)22-16-11-9-15(10-12-16)20-23-19(24-25-20)14-7-8-14/h3-6,9-14H,7-8H2,1-2H3,(H,22,26)(H,23,24,25). The molecule has 0 aliphatic heterocycles. The van der Waals surface area contributed by atoms with Crippen molar-refractivity contribution in [1.29, 1.82) is 0 Å². The van der Waals surface area contributed by atoms with Gasteiger partial charge in [-0.15, -0.1) is 0 Å². The molecule has 6 nitrogen and oxygen atoms in total. The molecule has 0 unspecified atom stereocenters. The van der Waals surface area contributed by atoms with Gasteiger partial charge < -0.3 is 10.1 Å². The first-order chi connectivity index (χ1) is 13.1. The van der Waals surface area contributed by atoms with Crippen molar-refractivity contribution in [3.63, 3.8) is 0 Å². The van der Waals surface area contributed by atoms with Crippen molar-refractivity contribution in [3.8, 4) is 17.1 Å². The van der Waals surface area contributed by atoms with Crippen molar-refractivity contribution >= 4 is 11.6 Å².